The molecule has 0 saturated heterocycles. The van der Waals surface area contributed by atoms with Crippen LogP contribution in [0.5, 0.6) is 0 Å². The SMILES string of the molecule is FC(F)(F)c1nc2cnc(Br)cn2c1Cl. The van der Waals surface area contributed by atoms with Crippen LogP contribution in [0, 0.1) is 0 Å². The molecule has 2 aromatic rings. The van der Waals surface area contributed by atoms with Crippen molar-refractivity contribution in [2.24, 2.45) is 0 Å². The number of rotatable bonds is 0. The summed E-state index contributed by atoms with van der Waals surface area (Å²) in [4.78, 5) is 7.10. The summed E-state index contributed by atoms with van der Waals surface area (Å²) in [6.07, 6.45) is -2.04. The first-order chi connectivity index (χ1) is 6.89. The van der Waals surface area contributed by atoms with Gasteiger partial charge in [0.15, 0.2) is 11.3 Å². The van der Waals surface area contributed by atoms with Crippen LogP contribution < -0.4 is 0 Å². The van der Waals surface area contributed by atoms with Crippen molar-refractivity contribution in [2.75, 3.05) is 0 Å². The Morgan fingerprint density at radius 3 is 2.67 bits per heavy atom. The zero-order valence-corrected chi connectivity index (χ0v) is 9.23. The second kappa shape index (κ2) is 3.34. The summed E-state index contributed by atoms with van der Waals surface area (Å²) in [7, 11) is 0. The maximum Gasteiger partial charge on any atom is 0.436 e. The molecular formula is C7H2BrClF3N3. The third-order valence-corrected chi connectivity index (χ3v) is 2.46. The molecule has 0 aliphatic rings. The first kappa shape index (κ1) is 10.7. The van der Waals surface area contributed by atoms with E-state index < -0.39 is 17.0 Å². The molecule has 0 amide bonds. The van der Waals surface area contributed by atoms with Gasteiger partial charge in [-0.2, -0.15) is 13.2 Å². The fourth-order valence-electron chi connectivity index (χ4n) is 1.08. The third kappa shape index (κ3) is 1.81. The van der Waals surface area contributed by atoms with Gasteiger partial charge in [-0.1, -0.05) is 11.6 Å². The summed E-state index contributed by atoms with van der Waals surface area (Å²) in [5.74, 6) is 0. The quantitative estimate of drug-likeness (QED) is 0.748. The number of imidazole rings is 1. The number of hydrogen-bond acceptors (Lipinski definition) is 2. The summed E-state index contributed by atoms with van der Waals surface area (Å²) >= 11 is 8.57. The number of hydrogen-bond donors (Lipinski definition) is 0. The summed E-state index contributed by atoms with van der Waals surface area (Å²) < 4.78 is 38.7. The van der Waals surface area contributed by atoms with Gasteiger partial charge in [0.2, 0.25) is 0 Å². The molecule has 2 aromatic heterocycles. The van der Waals surface area contributed by atoms with Crippen LogP contribution in [0.4, 0.5) is 13.2 Å². The maximum absolute atomic E-state index is 12.4. The maximum atomic E-state index is 12.4. The number of aromatic nitrogens is 3. The van der Waals surface area contributed by atoms with Crippen LogP contribution >= 0.6 is 27.5 Å². The lowest BCUT2D eigenvalue weighted by molar-refractivity contribution is -0.140. The summed E-state index contributed by atoms with van der Waals surface area (Å²) in [5, 5.41) is -0.472. The highest BCUT2D eigenvalue weighted by Gasteiger charge is 2.37. The molecule has 0 bridgehead atoms. The Kier molecular flexibility index (Phi) is 2.38. The minimum Gasteiger partial charge on any atom is -0.286 e. The number of alkyl halides is 3. The Morgan fingerprint density at radius 1 is 1.40 bits per heavy atom. The molecule has 80 valence electrons. The molecule has 0 fully saturated rings. The van der Waals surface area contributed by atoms with Crippen molar-refractivity contribution in [2.45, 2.75) is 6.18 Å². The first-order valence-corrected chi connectivity index (χ1v) is 4.83. The van der Waals surface area contributed by atoms with Crippen molar-refractivity contribution < 1.29 is 13.2 Å². The highest BCUT2D eigenvalue weighted by Crippen LogP contribution is 2.34. The van der Waals surface area contributed by atoms with Crippen molar-refractivity contribution >= 4 is 33.2 Å². The lowest BCUT2D eigenvalue weighted by Crippen LogP contribution is -2.06. The molecule has 8 heteroatoms. The molecule has 0 unspecified atom stereocenters. The molecule has 2 heterocycles. The van der Waals surface area contributed by atoms with E-state index in [4.69, 9.17) is 11.6 Å². The van der Waals surface area contributed by atoms with Gasteiger partial charge in [-0.15, -0.1) is 0 Å². The monoisotopic (exact) mass is 299 g/mol. The van der Waals surface area contributed by atoms with Crippen LogP contribution in [-0.4, -0.2) is 14.4 Å². The van der Waals surface area contributed by atoms with Gasteiger partial charge in [0.1, 0.15) is 9.76 Å². The van der Waals surface area contributed by atoms with E-state index in [9.17, 15) is 13.2 Å². The predicted octanol–water partition coefficient (Wildman–Crippen LogP) is 3.16. The molecule has 2 rings (SSSR count). The third-order valence-electron chi connectivity index (χ3n) is 1.69. The lowest BCUT2D eigenvalue weighted by atomic mass is 10.5. The summed E-state index contributed by atoms with van der Waals surface area (Å²) in [5.41, 5.74) is -1.06. The zero-order chi connectivity index (χ0) is 11.2. The molecule has 0 N–H and O–H groups in total. The summed E-state index contributed by atoms with van der Waals surface area (Å²) in [6, 6.07) is 0. The van der Waals surface area contributed by atoms with E-state index in [2.05, 4.69) is 25.9 Å². The van der Waals surface area contributed by atoms with Crippen molar-refractivity contribution in [3.05, 3.63) is 27.8 Å². The standard InChI is InChI=1S/C7H2BrClF3N3/c8-3-2-15-4(1-13-3)14-5(6(15)9)7(10,11)12/h1-2H. The van der Waals surface area contributed by atoms with Crippen molar-refractivity contribution in [3.63, 3.8) is 0 Å². The van der Waals surface area contributed by atoms with Gasteiger partial charge in [-0.25, -0.2) is 9.97 Å². The molecule has 3 nitrogen and oxygen atoms in total. The van der Waals surface area contributed by atoms with E-state index in [1.807, 2.05) is 0 Å². The van der Waals surface area contributed by atoms with Crippen LogP contribution in [0.1, 0.15) is 5.69 Å². The molecule has 0 aliphatic carbocycles. The van der Waals surface area contributed by atoms with Gasteiger partial charge in [0.25, 0.3) is 0 Å². The van der Waals surface area contributed by atoms with Gasteiger partial charge in [0.05, 0.1) is 6.20 Å². The molecular weight excluding hydrogens is 298 g/mol. The van der Waals surface area contributed by atoms with Crippen molar-refractivity contribution in [3.8, 4) is 0 Å². The zero-order valence-electron chi connectivity index (χ0n) is 6.89. The van der Waals surface area contributed by atoms with Crippen LogP contribution in [0.25, 0.3) is 5.65 Å². The van der Waals surface area contributed by atoms with Crippen LogP contribution in [0.15, 0.2) is 17.0 Å². The molecule has 0 saturated carbocycles. The first-order valence-electron chi connectivity index (χ1n) is 3.66. The minimum atomic E-state index is -4.56. The topological polar surface area (TPSA) is 30.2 Å². The van der Waals surface area contributed by atoms with E-state index in [0.717, 1.165) is 4.40 Å². The van der Waals surface area contributed by atoms with Gasteiger partial charge in [-0.05, 0) is 15.9 Å². The lowest BCUT2D eigenvalue weighted by Gasteiger charge is -2.01. The molecule has 0 spiro atoms. The van der Waals surface area contributed by atoms with E-state index in [1.54, 1.807) is 0 Å². The van der Waals surface area contributed by atoms with Crippen LogP contribution in [0.2, 0.25) is 5.15 Å². The predicted molar refractivity (Wildman–Crippen MR) is 50.7 cm³/mol. The molecule has 15 heavy (non-hydrogen) atoms. The van der Waals surface area contributed by atoms with E-state index >= 15 is 0 Å². The fourth-order valence-corrected chi connectivity index (χ4v) is 1.67. The van der Waals surface area contributed by atoms with Gasteiger partial charge < -0.3 is 0 Å². The Labute approximate surface area is 95.0 Å². The highest BCUT2D eigenvalue weighted by atomic mass is 79.9. The molecule has 0 aliphatic heterocycles. The van der Waals surface area contributed by atoms with Gasteiger partial charge >= 0.3 is 6.18 Å². The highest BCUT2D eigenvalue weighted by molar-refractivity contribution is 9.10. The van der Waals surface area contributed by atoms with Crippen LogP contribution in [0.3, 0.4) is 0 Å². The summed E-state index contributed by atoms with van der Waals surface area (Å²) in [6.45, 7) is 0. The number of nitrogens with zero attached hydrogens (tertiary/aromatic N) is 3. The molecule has 0 aromatic carbocycles. The van der Waals surface area contributed by atoms with Gasteiger partial charge in [0, 0.05) is 6.20 Å². The average Bonchev–Trinajstić information content (AvgIpc) is 2.43. The molecule has 0 radical (unpaired) electrons. The van der Waals surface area contributed by atoms with Crippen molar-refractivity contribution in [1.29, 1.82) is 0 Å². The fraction of sp³-hybridized carbons (Fsp3) is 0.143. The van der Waals surface area contributed by atoms with E-state index in [-0.39, 0.29) is 5.65 Å². The molecule has 0 atom stereocenters. The normalized spacial score (nSPS) is 12.3. The Morgan fingerprint density at radius 2 is 2.07 bits per heavy atom. The van der Waals surface area contributed by atoms with Crippen molar-refractivity contribution in [1.82, 2.24) is 14.4 Å². The van der Waals surface area contributed by atoms with Gasteiger partial charge in [-0.3, -0.25) is 4.40 Å². The minimum absolute atomic E-state index is 0.0514. The smallest absolute Gasteiger partial charge is 0.286 e. The largest absolute Gasteiger partial charge is 0.436 e. The Balaban J connectivity index is 2.76. The number of fused-ring (bicyclic) bond motifs is 1. The average molecular weight is 300 g/mol. The Bertz CT molecular complexity index is 522. The second-order valence-electron chi connectivity index (χ2n) is 2.69. The van der Waals surface area contributed by atoms with E-state index in [0.29, 0.717) is 4.60 Å². The Hall–Kier alpha value is -0.820. The number of halogens is 5. The van der Waals surface area contributed by atoms with E-state index in [1.165, 1.54) is 12.4 Å². The van der Waals surface area contributed by atoms with Crippen LogP contribution in [-0.2, 0) is 6.18 Å². The second-order valence-corrected chi connectivity index (χ2v) is 3.86.